The number of methoxy groups -OCH3 is 2. The van der Waals surface area contributed by atoms with Crippen LogP contribution < -0.4 is 14.9 Å². The minimum Gasteiger partial charge on any atom is -0.493 e. The highest BCUT2D eigenvalue weighted by atomic mass is 16.5. The molecule has 1 aromatic carbocycles. The van der Waals surface area contributed by atoms with Gasteiger partial charge in [0.2, 0.25) is 0 Å². The molecule has 1 fully saturated rings. The number of likely N-dealkylation sites (N-methyl/N-ethyl adjacent to an activating group) is 1. The van der Waals surface area contributed by atoms with Crippen LogP contribution in [0.3, 0.4) is 0 Å². The van der Waals surface area contributed by atoms with Gasteiger partial charge >= 0.3 is 0 Å². The number of nitrogens with one attached hydrogen (secondary N) is 1. The van der Waals surface area contributed by atoms with Crippen molar-refractivity contribution in [2.75, 3.05) is 47.4 Å². The average molecular weight is 293 g/mol. The Kier molecular flexibility index (Phi) is 5.85. The summed E-state index contributed by atoms with van der Waals surface area (Å²) >= 11 is 0. The maximum Gasteiger partial charge on any atom is 0.160 e. The van der Waals surface area contributed by atoms with Crippen molar-refractivity contribution in [3.8, 4) is 11.5 Å². The third kappa shape index (κ3) is 4.59. The molecule has 1 N–H and O–H groups in total. The predicted octanol–water partition coefficient (Wildman–Crippen LogP) is 1.39. The zero-order chi connectivity index (χ0) is 15.2. The second-order valence-corrected chi connectivity index (χ2v) is 5.71. The molecule has 0 radical (unpaired) electrons. The molecule has 0 aromatic heterocycles. The van der Waals surface area contributed by atoms with Crippen molar-refractivity contribution in [1.82, 2.24) is 15.3 Å². The van der Waals surface area contributed by atoms with Gasteiger partial charge in [0.25, 0.3) is 0 Å². The minimum absolute atomic E-state index is 0.395. The van der Waals surface area contributed by atoms with E-state index in [0.717, 1.165) is 44.1 Å². The Hall–Kier alpha value is -1.30. The maximum absolute atomic E-state index is 5.36. The highest BCUT2D eigenvalue weighted by Crippen LogP contribution is 2.27. The number of hydrogen-bond donors (Lipinski definition) is 1. The molecule has 118 valence electrons. The molecular weight excluding hydrogens is 266 g/mol. The fourth-order valence-corrected chi connectivity index (χ4v) is 2.65. The first-order valence-corrected chi connectivity index (χ1v) is 7.53. The normalized spacial score (nSPS) is 18.5. The summed E-state index contributed by atoms with van der Waals surface area (Å²) in [5.41, 5.74) is 4.84. The van der Waals surface area contributed by atoms with Gasteiger partial charge in [0, 0.05) is 32.2 Å². The van der Waals surface area contributed by atoms with Crippen LogP contribution in [-0.4, -0.2) is 63.4 Å². The lowest BCUT2D eigenvalue weighted by Gasteiger charge is -2.34. The molecule has 1 aliphatic rings. The van der Waals surface area contributed by atoms with E-state index in [0.29, 0.717) is 6.04 Å². The zero-order valence-electron chi connectivity index (χ0n) is 13.6. The van der Waals surface area contributed by atoms with Gasteiger partial charge in [0.1, 0.15) is 0 Å². The summed E-state index contributed by atoms with van der Waals surface area (Å²) in [5.74, 6) is 1.57. The third-order valence-corrected chi connectivity index (χ3v) is 3.90. The minimum atomic E-state index is 0.395. The summed E-state index contributed by atoms with van der Waals surface area (Å²) in [5, 5.41) is 2.32. The lowest BCUT2D eigenvalue weighted by molar-refractivity contribution is 0.0899. The largest absolute Gasteiger partial charge is 0.493 e. The van der Waals surface area contributed by atoms with Crippen LogP contribution in [0.1, 0.15) is 12.5 Å². The number of hydrogen-bond acceptors (Lipinski definition) is 5. The van der Waals surface area contributed by atoms with E-state index < -0.39 is 0 Å². The topological polar surface area (TPSA) is 37.0 Å². The van der Waals surface area contributed by atoms with Crippen LogP contribution in [0, 0.1) is 0 Å². The molecule has 0 spiro atoms. The van der Waals surface area contributed by atoms with Crippen molar-refractivity contribution in [3.05, 3.63) is 23.8 Å². The molecule has 1 heterocycles. The molecule has 21 heavy (non-hydrogen) atoms. The van der Waals surface area contributed by atoms with Crippen LogP contribution in [0.5, 0.6) is 11.5 Å². The van der Waals surface area contributed by atoms with E-state index in [4.69, 9.17) is 9.47 Å². The molecule has 0 saturated carbocycles. The summed E-state index contributed by atoms with van der Waals surface area (Å²) < 4.78 is 10.6. The van der Waals surface area contributed by atoms with Crippen LogP contribution in [0.2, 0.25) is 0 Å². The van der Waals surface area contributed by atoms with E-state index >= 15 is 0 Å². The molecular formula is C16H27N3O2. The van der Waals surface area contributed by atoms with E-state index in [1.54, 1.807) is 14.2 Å². The van der Waals surface area contributed by atoms with Crippen molar-refractivity contribution >= 4 is 0 Å². The summed E-state index contributed by atoms with van der Waals surface area (Å²) in [7, 11) is 5.51. The van der Waals surface area contributed by atoms with E-state index in [1.807, 2.05) is 6.07 Å². The van der Waals surface area contributed by atoms with Crippen molar-refractivity contribution in [1.29, 1.82) is 0 Å². The highest BCUT2D eigenvalue weighted by Gasteiger charge is 2.16. The molecule has 2 rings (SSSR count). The first-order chi connectivity index (χ1) is 10.1. The zero-order valence-corrected chi connectivity index (χ0v) is 13.6. The number of hydrazine groups is 1. The Balaban J connectivity index is 1.88. The van der Waals surface area contributed by atoms with Crippen LogP contribution >= 0.6 is 0 Å². The van der Waals surface area contributed by atoms with Gasteiger partial charge in [0.15, 0.2) is 11.5 Å². The quantitative estimate of drug-likeness (QED) is 0.858. The van der Waals surface area contributed by atoms with Gasteiger partial charge in [-0.1, -0.05) is 6.07 Å². The van der Waals surface area contributed by atoms with Crippen LogP contribution in [-0.2, 0) is 6.42 Å². The Bertz CT molecular complexity index is 445. The van der Waals surface area contributed by atoms with Crippen molar-refractivity contribution in [3.63, 3.8) is 0 Å². The number of benzene rings is 1. The molecule has 0 amide bonds. The van der Waals surface area contributed by atoms with Gasteiger partial charge < -0.3 is 14.4 Å². The molecule has 0 aliphatic carbocycles. The van der Waals surface area contributed by atoms with Gasteiger partial charge in [-0.05, 0) is 38.1 Å². The molecule has 1 saturated heterocycles. The second-order valence-electron chi connectivity index (χ2n) is 5.71. The van der Waals surface area contributed by atoms with Gasteiger partial charge in [-0.3, -0.25) is 5.43 Å². The fourth-order valence-electron chi connectivity index (χ4n) is 2.65. The highest BCUT2D eigenvalue weighted by molar-refractivity contribution is 5.43. The Morgan fingerprint density at radius 2 is 1.76 bits per heavy atom. The fraction of sp³-hybridized carbons (Fsp3) is 0.625. The van der Waals surface area contributed by atoms with Crippen LogP contribution in [0.25, 0.3) is 0 Å². The Morgan fingerprint density at radius 1 is 1.10 bits per heavy atom. The summed E-state index contributed by atoms with van der Waals surface area (Å²) in [4.78, 5) is 2.36. The summed E-state index contributed by atoms with van der Waals surface area (Å²) in [6, 6.07) is 6.52. The molecule has 1 atom stereocenters. The summed E-state index contributed by atoms with van der Waals surface area (Å²) in [6.45, 7) is 6.61. The van der Waals surface area contributed by atoms with Gasteiger partial charge in [-0.15, -0.1) is 0 Å². The third-order valence-electron chi connectivity index (χ3n) is 3.90. The number of ether oxygens (including phenoxy) is 2. The first-order valence-electron chi connectivity index (χ1n) is 7.53. The van der Waals surface area contributed by atoms with E-state index in [9.17, 15) is 0 Å². The van der Waals surface area contributed by atoms with Crippen molar-refractivity contribution < 1.29 is 9.47 Å². The van der Waals surface area contributed by atoms with Gasteiger partial charge in [0.05, 0.1) is 14.2 Å². The standard InChI is InChI=1S/C16H27N3O2/c1-13(17-19-9-7-18(2)8-10-19)11-14-5-6-15(20-3)16(12-14)21-4/h5-6,12-13,17H,7-11H2,1-4H3/t13-/m0/s1. The second kappa shape index (κ2) is 7.64. The molecule has 0 unspecified atom stereocenters. The van der Waals surface area contributed by atoms with Gasteiger partial charge in [-0.2, -0.15) is 0 Å². The van der Waals surface area contributed by atoms with Crippen molar-refractivity contribution in [2.24, 2.45) is 0 Å². The van der Waals surface area contributed by atoms with Crippen LogP contribution in [0.4, 0.5) is 0 Å². The first kappa shape index (κ1) is 16.1. The molecule has 5 nitrogen and oxygen atoms in total. The lowest BCUT2D eigenvalue weighted by Crippen LogP contribution is -2.53. The maximum atomic E-state index is 5.36. The van der Waals surface area contributed by atoms with E-state index in [1.165, 1.54) is 5.56 Å². The Morgan fingerprint density at radius 3 is 2.38 bits per heavy atom. The van der Waals surface area contributed by atoms with Crippen LogP contribution in [0.15, 0.2) is 18.2 Å². The number of rotatable bonds is 6. The lowest BCUT2D eigenvalue weighted by atomic mass is 10.1. The predicted molar refractivity (Wildman–Crippen MR) is 84.9 cm³/mol. The molecule has 1 aliphatic heterocycles. The monoisotopic (exact) mass is 293 g/mol. The van der Waals surface area contributed by atoms with E-state index in [-0.39, 0.29) is 0 Å². The SMILES string of the molecule is COc1ccc(C[C@H](C)NN2CCN(C)CC2)cc1OC. The molecule has 1 aromatic rings. The van der Waals surface area contributed by atoms with E-state index in [2.05, 4.69) is 41.4 Å². The molecule has 5 heteroatoms. The summed E-state index contributed by atoms with van der Waals surface area (Å²) in [6.07, 6.45) is 0.965. The number of nitrogens with zero attached hydrogens (tertiary/aromatic N) is 2. The number of piperazine rings is 1. The van der Waals surface area contributed by atoms with Crippen molar-refractivity contribution in [2.45, 2.75) is 19.4 Å². The van der Waals surface area contributed by atoms with Gasteiger partial charge in [-0.25, -0.2) is 5.01 Å². The molecule has 0 bridgehead atoms. The Labute approximate surface area is 127 Å². The average Bonchev–Trinajstić information content (AvgIpc) is 2.49. The smallest absolute Gasteiger partial charge is 0.160 e.